The molecule has 4 N–H and O–H groups in total. The minimum Gasteiger partial charge on any atom is -0.397 e. The average Bonchev–Trinajstić information content (AvgIpc) is 3.15. The van der Waals surface area contributed by atoms with E-state index in [4.69, 9.17) is 5.73 Å². The molecular formula is C14H16N2O2S. The number of nitrogens with two attached hydrogens (primary N) is 1. The molecule has 0 aliphatic heterocycles. The summed E-state index contributed by atoms with van der Waals surface area (Å²) in [5.41, 5.74) is 6.49. The van der Waals surface area contributed by atoms with Gasteiger partial charge in [-0.25, -0.2) is 0 Å². The van der Waals surface area contributed by atoms with Crippen LogP contribution in [0.3, 0.4) is 0 Å². The standard InChI is InChI=1S/C14H16N2O2S/c15-11-9-3-1-2-4-10(9)19-12(11)13(18)16-7-14(8-17)5-6-14/h1-4,17H,5-8,15H2,(H,16,18). The summed E-state index contributed by atoms with van der Waals surface area (Å²) >= 11 is 1.41. The van der Waals surface area contributed by atoms with Crippen LogP contribution in [0.25, 0.3) is 10.1 Å². The predicted octanol–water partition coefficient (Wildman–Crippen LogP) is 1.99. The third kappa shape index (κ3) is 2.19. The lowest BCUT2D eigenvalue weighted by Crippen LogP contribution is -2.31. The van der Waals surface area contributed by atoms with E-state index >= 15 is 0 Å². The highest BCUT2D eigenvalue weighted by molar-refractivity contribution is 7.21. The number of fused-ring (bicyclic) bond motifs is 1. The van der Waals surface area contributed by atoms with Crippen molar-refractivity contribution >= 4 is 33.0 Å². The van der Waals surface area contributed by atoms with Crippen molar-refractivity contribution in [2.24, 2.45) is 5.41 Å². The van der Waals surface area contributed by atoms with E-state index in [0.29, 0.717) is 17.1 Å². The Labute approximate surface area is 115 Å². The SMILES string of the molecule is Nc1c(C(=O)NCC2(CO)CC2)sc2ccccc12. The molecule has 1 aromatic heterocycles. The number of carbonyl (C=O) groups excluding carboxylic acids is 1. The molecule has 1 aliphatic carbocycles. The molecule has 0 atom stereocenters. The van der Waals surface area contributed by atoms with E-state index in [-0.39, 0.29) is 17.9 Å². The molecule has 1 heterocycles. The molecule has 0 spiro atoms. The van der Waals surface area contributed by atoms with Gasteiger partial charge in [0.2, 0.25) is 0 Å². The number of nitrogen functional groups attached to an aromatic ring is 1. The fraction of sp³-hybridized carbons (Fsp3) is 0.357. The first-order chi connectivity index (χ1) is 9.15. The fourth-order valence-corrected chi connectivity index (χ4v) is 3.19. The van der Waals surface area contributed by atoms with Crippen molar-refractivity contribution in [2.75, 3.05) is 18.9 Å². The molecule has 4 nitrogen and oxygen atoms in total. The van der Waals surface area contributed by atoms with E-state index < -0.39 is 0 Å². The molecule has 0 unspecified atom stereocenters. The molecule has 1 fully saturated rings. The summed E-state index contributed by atoms with van der Waals surface area (Å²) in [4.78, 5) is 12.7. The maximum absolute atomic E-state index is 12.2. The Hall–Kier alpha value is -1.59. The van der Waals surface area contributed by atoms with E-state index in [2.05, 4.69) is 5.32 Å². The van der Waals surface area contributed by atoms with Crippen LogP contribution in [0.5, 0.6) is 0 Å². The van der Waals surface area contributed by atoms with Crippen molar-refractivity contribution in [3.8, 4) is 0 Å². The summed E-state index contributed by atoms with van der Waals surface area (Å²) in [6.45, 7) is 0.658. The number of benzene rings is 1. The smallest absolute Gasteiger partial charge is 0.263 e. The monoisotopic (exact) mass is 276 g/mol. The lowest BCUT2D eigenvalue weighted by atomic mass is 10.1. The highest BCUT2D eigenvalue weighted by Crippen LogP contribution is 2.44. The topological polar surface area (TPSA) is 75.4 Å². The number of nitrogens with one attached hydrogen (secondary N) is 1. The van der Waals surface area contributed by atoms with Gasteiger partial charge in [0.25, 0.3) is 5.91 Å². The van der Waals surface area contributed by atoms with Gasteiger partial charge in [0.15, 0.2) is 0 Å². The Bertz CT molecular complexity index is 631. The Morgan fingerprint density at radius 3 is 2.79 bits per heavy atom. The maximum atomic E-state index is 12.2. The molecule has 19 heavy (non-hydrogen) atoms. The van der Waals surface area contributed by atoms with Crippen LogP contribution in [0, 0.1) is 5.41 Å². The van der Waals surface area contributed by atoms with E-state index in [1.165, 1.54) is 11.3 Å². The number of aliphatic hydroxyl groups excluding tert-OH is 1. The number of amides is 1. The number of anilines is 1. The van der Waals surface area contributed by atoms with Gasteiger partial charge in [-0.2, -0.15) is 0 Å². The van der Waals surface area contributed by atoms with E-state index in [1.54, 1.807) is 0 Å². The van der Waals surface area contributed by atoms with Crippen molar-refractivity contribution in [1.29, 1.82) is 0 Å². The quantitative estimate of drug-likeness (QED) is 0.799. The second-order valence-electron chi connectivity index (χ2n) is 5.18. The van der Waals surface area contributed by atoms with E-state index in [0.717, 1.165) is 22.9 Å². The van der Waals surface area contributed by atoms with E-state index in [9.17, 15) is 9.90 Å². The lowest BCUT2D eigenvalue weighted by molar-refractivity contribution is 0.0940. The number of rotatable bonds is 4. The Kier molecular flexibility index (Phi) is 2.95. The summed E-state index contributed by atoms with van der Waals surface area (Å²) in [5, 5.41) is 13.1. The van der Waals surface area contributed by atoms with Gasteiger partial charge in [0, 0.05) is 22.0 Å². The van der Waals surface area contributed by atoms with Gasteiger partial charge in [-0.1, -0.05) is 18.2 Å². The fourth-order valence-electron chi connectivity index (χ4n) is 2.15. The first-order valence-corrected chi connectivity index (χ1v) is 7.13. The summed E-state index contributed by atoms with van der Waals surface area (Å²) in [7, 11) is 0. The van der Waals surface area contributed by atoms with Gasteiger partial charge in [0.05, 0.1) is 12.3 Å². The van der Waals surface area contributed by atoms with E-state index in [1.807, 2.05) is 24.3 Å². The minimum atomic E-state index is -0.140. The molecule has 0 bridgehead atoms. The summed E-state index contributed by atoms with van der Waals surface area (Å²) in [5.74, 6) is -0.140. The molecule has 3 rings (SSSR count). The van der Waals surface area contributed by atoms with Crippen molar-refractivity contribution in [2.45, 2.75) is 12.8 Å². The van der Waals surface area contributed by atoms with Crippen LogP contribution in [-0.2, 0) is 0 Å². The van der Waals surface area contributed by atoms with Crippen molar-refractivity contribution in [3.05, 3.63) is 29.1 Å². The third-order valence-corrected chi connectivity index (χ3v) is 4.94. The van der Waals surface area contributed by atoms with Crippen LogP contribution in [-0.4, -0.2) is 24.2 Å². The number of hydrogen-bond acceptors (Lipinski definition) is 4. The zero-order valence-corrected chi connectivity index (χ0v) is 11.3. The molecule has 0 saturated heterocycles. The molecule has 5 heteroatoms. The second kappa shape index (κ2) is 4.51. The number of hydrogen-bond donors (Lipinski definition) is 3. The predicted molar refractivity (Wildman–Crippen MR) is 77.3 cm³/mol. The second-order valence-corrected chi connectivity index (χ2v) is 6.23. The highest BCUT2D eigenvalue weighted by atomic mass is 32.1. The van der Waals surface area contributed by atoms with Gasteiger partial charge in [-0.15, -0.1) is 11.3 Å². The molecule has 1 saturated carbocycles. The summed E-state index contributed by atoms with van der Waals surface area (Å²) in [6, 6.07) is 7.74. The van der Waals surface area contributed by atoms with Crippen molar-refractivity contribution in [1.82, 2.24) is 5.32 Å². The van der Waals surface area contributed by atoms with Gasteiger partial charge in [-0.3, -0.25) is 4.79 Å². The van der Waals surface area contributed by atoms with Gasteiger partial charge in [-0.05, 0) is 18.9 Å². The molecular weight excluding hydrogens is 260 g/mol. The maximum Gasteiger partial charge on any atom is 0.263 e. The van der Waals surface area contributed by atoms with Crippen LogP contribution in [0.15, 0.2) is 24.3 Å². The van der Waals surface area contributed by atoms with Crippen molar-refractivity contribution in [3.63, 3.8) is 0 Å². The largest absolute Gasteiger partial charge is 0.397 e. The lowest BCUT2D eigenvalue weighted by Gasteiger charge is -2.12. The van der Waals surface area contributed by atoms with Crippen LogP contribution in [0.1, 0.15) is 22.5 Å². The first kappa shape index (κ1) is 12.4. The van der Waals surface area contributed by atoms with Crippen molar-refractivity contribution < 1.29 is 9.90 Å². The molecule has 1 aliphatic rings. The van der Waals surface area contributed by atoms with Gasteiger partial charge < -0.3 is 16.2 Å². The number of aliphatic hydroxyl groups is 1. The number of carbonyl (C=O) groups is 1. The van der Waals surface area contributed by atoms with Crippen LogP contribution in [0.2, 0.25) is 0 Å². The van der Waals surface area contributed by atoms with Gasteiger partial charge in [0.1, 0.15) is 4.88 Å². The average molecular weight is 276 g/mol. The van der Waals surface area contributed by atoms with Gasteiger partial charge >= 0.3 is 0 Å². The molecule has 2 aromatic rings. The third-order valence-electron chi connectivity index (χ3n) is 3.76. The molecule has 1 aromatic carbocycles. The first-order valence-electron chi connectivity index (χ1n) is 6.31. The zero-order valence-electron chi connectivity index (χ0n) is 10.5. The summed E-state index contributed by atoms with van der Waals surface area (Å²) in [6.07, 6.45) is 1.96. The minimum absolute atomic E-state index is 0.0822. The highest BCUT2D eigenvalue weighted by Gasteiger charge is 2.42. The Morgan fingerprint density at radius 2 is 2.16 bits per heavy atom. The van der Waals surface area contributed by atoms with Crippen LogP contribution >= 0.6 is 11.3 Å². The molecule has 0 radical (unpaired) electrons. The molecule has 100 valence electrons. The number of thiophene rings is 1. The Morgan fingerprint density at radius 1 is 1.42 bits per heavy atom. The summed E-state index contributed by atoms with van der Waals surface area (Å²) < 4.78 is 1.02. The Balaban J connectivity index is 1.80. The van der Waals surface area contributed by atoms with Crippen LogP contribution < -0.4 is 11.1 Å². The zero-order chi connectivity index (χ0) is 13.5. The van der Waals surface area contributed by atoms with Crippen LogP contribution in [0.4, 0.5) is 5.69 Å². The molecule has 1 amide bonds. The normalized spacial score (nSPS) is 16.5.